The van der Waals surface area contributed by atoms with E-state index < -0.39 is 0 Å². The summed E-state index contributed by atoms with van der Waals surface area (Å²) in [6.07, 6.45) is 1.60. The highest BCUT2D eigenvalue weighted by molar-refractivity contribution is 5.83. The molecule has 1 heterocycles. The van der Waals surface area contributed by atoms with Gasteiger partial charge in [-0.1, -0.05) is 72.8 Å². The van der Waals surface area contributed by atoms with Crippen LogP contribution in [0.4, 0.5) is 5.95 Å². The molecule has 0 spiro atoms. The third-order valence-corrected chi connectivity index (χ3v) is 4.27. The maximum atomic E-state index is 12.3. The van der Waals surface area contributed by atoms with Gasteiger partial charge in [-0.05, 0) is 17.7 Å². The van der Waals surface area contributed by atoms with Crippen molar-refractivity contribution in [2.24, 2.45) is 5.10 Å². The van der Waals surface area contributed by atoms with Gasteiger partial charge >= 0.3 is 0 Å². The fourth-order valence-corrected chi connectivity index (χ4v) is 2.79. The molecule has 0 atom stereocenters. The van der Waals surface area contributed by atoms with Crippen LogP contribution in [0.3, 0.4) is 0 Å². The van der Waals surface area contributed by atoms with Crippen LogP contribution in [-0.2, 0) is 6.61 Å². The summed E-state index contributed by atoms with van der Waals surface area (Å²) in [6.45, 7) is 0.457. The number of aromatic amines is 1. The van der Waals surface area contributed by atoms with Crippen molar-refractivity contribution in [1.29, 1.82) is 0 Å². The summed E-state index contributed by atoms with van der Waals surface area (Å²) in [6, 6.07) is 26.6. The van der Waals surface area contributed by atoms with E-state index in [1.54, 1.807) is 18.3 Å². The quantitative estimate of drug-likeness (QED) is 0.365. The molecule has 0 aliphatic rings. The number of benzene rings is 3. The Bertz CT molecular complexity index is 1190. The molecule has 0 bridgehead atoms. The molecule has 148 valence electrons. The van der Waals surface area contributed by atoms with Gasteiger partial charge in [-0.2, -0.15) is 5.10 Å². The van der Waals surface area contributed by atoms with Crippen LogP contribution in [0.5, 0.6) is 5.75 Å². The van der Waals surface area contributed by atoms with E-state index in [4.69, 9.17) is 4.74 Å². The van der Waals surface area contributed by atoms with E-state index in [2.05, 4.69) is 25.7 Å². The third-order valence-electron chi connectivity index (χ3n) is 4.27. The summed E-state index contributed by atoms with van der Waals surface area (Å²) in [5.41, 5.74) is 5.17. The molecule has 30 heavy (non-hydrogen) atoms. The molecule has 4 aromatic rings. The maximum absolute atomic E-state index is 12.3. The van der Waals surface area contributed by atoms with Crippen LogP contribution in [0, 0.1) is 0 Å². The number of H-pyrrole nitrogens is 1. The van der Waals surface area contributed by atoms with Crippen LogP contribution in [0.25, 0.3) is 11.3 Å². The second-order valence-corrected chi connectivity index (χ2v) is 6.40. The first kappa shape index (κ1) is 19.1. The molecule has 0 amide bonds. The van der Waals surface area contributed by atoms with Crippen molar-refractivity contribution in [2.45, 2.75) is 6.61 Å². The van der Waals surface area contributed by atoms with E-state index in [9.17, 15) is 4.79 Å². The minimum Gasteiger partial charge on any atom is -0.488 e. The number of anilines is 1. The number of hydrogen-bond donors (Lipinski definition) is 2. The van der Waals surface area contributed by atoms with Crippen LogP contribution < -0.4 is 15.7 Å². The lowest BCUT2D eigenvalue weighted by atomic mass is 10.2. The monoisotopic (exact) mass is 397 g/mol. The van der Waals surface area contributed by atoms with Crippen LogP contribution in [-0.4, -0.2) is 21.4 Å². The number of rotatable bonds is 7. The SMILES string of the molecule is O=c1[nH]c(N/N=C/c2ccccc2OCc2ccccc2)nnc1-c1ccccc1. The normalized spacial score (nSPS) is 10.8. The fraction of sp³-hybridized carbons (Fsp3) is 0.0435. The molecule has 4 rings (SSSR count). The lowest BCUT2D eigenvalue weighted by Crippen LogP contribution is -2.15. The maximum Gasteiger partial charge on any atom is 0.279 e. The number of aromatic nitrogens is 3. The highest BCUT2D eigenvalue weighted by Crippen LogP contribution is 2.18. The van der Waals surface area contributed by atoms with E-state index in [1.807, 2.05) is 72.8 Å². The van der Waals surface area contributed by atoms with Gasteiger partial charge in [-0.15, -0.1) is 10.2 Å². The van der Waals surface area contributed by atoms with Crippen molar-refractivity contribution in [3.63, 3.8) is 0 Å². The molecular weight excluding hydrogens is 378 g/mol. The molecule has 0 unspecified atom stereocenters. The first-order chi connectivity index (χ1) is 14.8. The first-order valence-corrected chi connectivity index (χ1v) is 9.37. The summed E-state index contributed by atoms with van der Waals surface area (Å²) in [5.74, 6) is 0.851. The van der Waals surface area contributed by atoms with Crippen LogP contribution in [0.15, 0.2) is 94.8 Å². The van der Waals surface area contributed by atoms with Crippen LogP contribution >= 0.6 is 0 Å². The second-order valence-electron chi connectivity index (χ2n) is 6.40. The topological polar surface area (TPSA) is 92.3 Å². The minimum absolute atomic E-state index is 0.151. The molecule has 3 aromatic carbocycles. The number of hydrogen-bond acceptors (Lipinski definition) is 6. The molecule has 2 N–H and O–H groups in total. The van der Waals surface area contributed by atoms with Crippen LogP contribution in [0.1, 0.15) is 11.1 Å². The van der Waals surface area contributed by atoms with E-state index >= 15 is 0 Å². The van der Waals surface area contributed by atoms with Crippen molar-refractivity contribution in [1.82, 2.24) is 15.2 Å². The van der Waals surface area contributed by atoms with Gasteiger partial charge in [-0.25, -0.2) is 5.43 Å². The van der Waals surface area contributed by atoms with Crippen molar-refractivity contribution in [2.75, 3.05) is 5.43 Å². The zero-order valence-corrected chi connectivity index (χ0v) is 16.0. The van der Waals surface area contributed by atoms with E-state index in [0.717, 1.165) is 11.1 Å². The summed E-state index contributed by atoms with van der Waals surface area (Å²) in [4.78, 5) is 14.9. The van der Waals surface area contributed by atoms with Gasteiger partial charge in [0.25, 0.3) is 5.56 Å². The predicted molar refractivity (Wildman–Crippen MR) is 117 cm³/mol. The first-order valence-electron chi connectivity index (χ1n) is 9.37. The molecule has 0 fully saturated rings. The lowest BCUT2D eigenvalue weighted by Gasteiger charge is -2.09. The Morgan fingerprint density at radius 2 is 1.60 bits per heavy atom. The molecular formula is C23H19N5O2. The Hall–Kier alpha value is -4.26. The highest BCUT2D eigenvalue weighted by atomic mass is 16.5. The fourth-order valence-electron chi connectivity index (χ4n) is 2.79. The average Bonchev–Trinajstić information content (AvgIpc) is 2.80. The minimum atomic E-state index is -0.347. The Kier molecular flexibility index (Phi) is 5.91. The molecule has 0 saturated heterocycles. The second kappa shape index (κ2) is 9.29. The van der Waals surface area contributed by atoms with Gasteiger partial charge in [0.05, 0.1) is 6.21 Å². The zero-order valence-electron chi connectivity index (χ0n) is 16.0. The van der Waals surface area contributed by atoms with Crippen molar-refractivity contribution in [3.8, 4) is 17.0 Å². The smallest absolute Gasteiger partial charge is 0.279 e. The third kappa shape index (κ3) is 4.77. The lowest BCUT2D eigenvalue weighted by molar-refractivity contribution is 0.306. The summed E-state index contributed by atoms with van der Waals surface area (Å²) in [5, 5.41) is 12.1. The molecule has 0 aliphatic heterocycles. The van der Waals surface area contributed by atoms with Gasteiger partial charge in [0.15, 0.2) is 5.69 Å². The Morgan fingerprint density at radius 3 is 2.37 bits per heavy atom. The number of nitrogens with zero attached hydrogens (tertiary/aromatic N) is 3. The van der Waals surface area contributed by atoms with Crippen LogP contribution in [0.2, 0.25) is 0 Å². The molecule has 7 heteroatoms. The van der Waals surface area contributed by atoms with Gasteiger partial charge in [0.2, 0.25) is 5.95 Å². The van der Waals surface area contributed by atoms with Gasteiger partial charge in [0, 0.05) is 11.1 Å². The van der Waals surface area contributed by atoms with Crippen molar-refractivity contribution >= 4 is 12.2 Å². The Balaban J connectivity index is 1.44. The van der Waals surface area contributed by atoms with Gasteiger partial charge in [0.1, 0.15) is 12.4 Å². The highest BCUT2D eigenvalue weighted by Gasteiger charge is 2.06. The number of hydrazone groups is 1. The molecule has 0 saturated carbocycles. The molecule has 0 radical (unpaired) electrons. The molecule has 7 nitrogen and oxygen atoms in total. The van der Waals surface area contributed by atoms with Gasteiger partial charge in [-0.3, -0.25) is 9.78 Å². The van der Waals surface area contributed by atoms with E-state index in [1.165, 1.54) is 0 Å². The predicted octanol–water partition coefficient (Wildman–Crippen LogP) is 3.86. The Morgan fingerprint density at radius 1 is 0.900 bits per heavy atom. The van der Waals surface area contributed by atoms with Crippen molar-refractivity contribution in [3.05, 3.63) is 106 Å². The van der Waals surface area contributed by atoms with E-state index in [0.29, 0.717) is 17.9 Å². The standard InChI is InChI=1S/C23H19N5O2/c29-22-21(18-11-5-2-6-12-18)26-28-23(25-22)27-24-15-19-13-7-8-14-20(19)30-16-17-9-3-1-4-10-17/h1-15H,16H2,(H2,25,27,28,29)/b24-15+. The van der Waals surface area contributed by atoms with E-state index in [-0.39, 0.29) is 17.2 Å². The molecule has 1 aromatic heterocycles. The molecule has 0 aliphatic carbocycles. The Labute approximate surface area is 173 Å². The summed E-state index contributed by atoms with van der Waals surface area (Å²) >= 11 is 0. The largest absolute Gasteiger partial charge is 0.488 e. The number of para-hydroxylation sites is 1. The van der Waals surface area contributed by atoms with Crippen molar-refractivity contribution < 1.29 is 4.74 Å². The van der Waals surface area contributed by atoms with Gasteiger partial charge < -0.3 is 4.74 Å². The summed E-state index contributed by atoms with van der Waals surface area (Å²) in [7, 11) is 0. The number of nitrogens with one attached hydrogen (secondary N) is 2. The average molecular weight is 397 g/mol. The summed E-state index contributed by atoms with van der Waals surface area (Å²) < 4.78 is 5.90. The number of ether oxygens (including phenoxy) is 1. The zero-order chi connectivity index (χ0) is 20.6.